The van der Waals surface area contributed by atoms with Crippen molar-refractivity contribution >= 4 is 17.7 Å². The number of fused-ring (bicyclic) bond motifs is 1. The minimum absolute atomic E-state index is 0.0661. The lowest BCUT2D eigenvalue weighted by Gasteiger charge is -2.45. The average Bonchev–Trinajstić information content (AvgIpc) is 2.82. The fourth-order valence-corrected chi connectivity index (χ4v) is 5.20. The van der Waals surface area contributed by atoms with Gasteiger partial charge in [0, 0.05) is 30.7 Å². The first kappa shape index (κ1) is 22.7. The van der Waals surface area contributed by atoms with E-state index in [0.29, 0.717) is 25.7 Å². The molecule has 2 heterocycles. The number of benzene rings is 2. The number of methoxy groups -OCH3 is 2. The highest BCUT2D eigenvalue weighted by atomic mass is 35.5. The van der Waals surface area contributed by atoms with Crippen LogP contribution in [-0.4, -0.2) is 62.4 Å². The molecule has 1 amide bonds. The lowest BCUT2D eigenvalue weighted by atomic mass is 9.85. The molecule has 2 aliphatic rings. The summed E-state index contributed by atoms with van der Waals surface area (Å²) in [6, 6.07) is 12.8. The van der Waals surface area contributed by atoms with Gasteiger partial charge >= 0.3 is 6.09 Å². The van der Waals surface area contributed by atoms with Crippen molar-refractivity contribution in [1.29, 1.82) is 0 Å². The molecule has 4 rings (SSSR count). The molecule has 172 valence electrons. The van der Waals surface area contributed by atoms with E-state index in [1.54, 1.807) is 14.2 Å². The van der Waals surface area contributed by atoms with Gasteiger partial charge < -0.3 is 19.1 Å². The van der Waals surface area contributed by atoms with Crippen molar-refractivity contribution in [2.75, 3.05) is 40.5 Å². The molecule has 0 unspecified atom stereocenters. The van der Waals surface area contributed by atoms with Crippen LogP contribution in [0.15, 0.2) is 36.4 Å². The Morgan fingerprint density at radius 1 is 1.06 bits per heavy atom. The molecule has 0 spiro atoms. The number of ether oxygens (including phenoxy) is 3. The number of piperidine rings is 1. The summed E-state index contributed by atoms with van der Waals surface area (Å²) >= 11 is 6.39. The van der Waals surface area contributed by atoms with Gasteiger partial charge in [0.15, 0.2) is 11.5 Å². The van der Waals surface area contributed by atoms with Crippen molar-refractivity contribution in [3.8, 4) is 11.5 Å². The summed E-state index contributed by atoms with van der Waals surface area (Å²) in [4.78, 5) is 16.5. The van der Waals surface area contributed by atoms with E-state index >= 15 is 0 Å². The Morgan fingerprint density at radius 2 is 1.78 bits per heavy atom. The number of amides is 1. The maximum atomic E-state index is 12.1. The minimum Gasteiger partial charge on any atom is -0.493 e. The van der Waals surface area contributed by atoms with Crippen LogP contribution in [0.4, 0.5) is 4.79 Å². The summed E-state index contributed by atoms with van der Waals surface area (Å²) in [5, 5.41) is 0.729. The fourth-order valence-electron chi connectivity index (χ4n) is 5.00. The number of hydrogen-bond donors (Lipinski definition) is 0. The Kier molecular flexibility index (Phi) is 7.11. The SMILES string of the molecule is CCOC(=O)N1CCC(N2CCc3cc(OC)c(OC)cc3[C@H]2c2cccc(Cl)c2)CC1. The lowest BCUT2D eigenvalue weighted by molar-refractivity contribution is 0.0620. The minimum atomic E-state index is -0.210. The zero-order valence-electron chi connectivity index (χ0n) is 19.0. The molecule has 1 atom stereocenters. The van der Waals surface area contributed by atoms with Gasteiger partial charge in [0.05, 0.1) is 26.9 Å². The van der Waals surface area contributed by atoms with Gasteiger partial charge in [-0.3, -0.25) is 4.90 Å². The first-order chi connectivity index (χ1) is 15.5. The summed E-state index contributed by atoms with van der Waals surface area (Å²) in [6.45, 7) is 4.60. The molecule has 32 heavy (non-hydrogen) atoms. The van der Waals surface area contributed by atoms with Gasteiger partial charge in [0.2, 0.25) is 0 Å². The van der Waals surface area contributed by atoms with E-state index in [0.717, 1.165) is 42.3 Å². The fraction of sp³-hybridized carbons (Fsp3) is 0.480. The highest BCUT2D eigenvalue weighted by Gasteiger charge is 2.36. The van der Waals surface area contributed by atoms with Crippen LogP contribution in [0.3, 0.4) is 0 Å². The van der Waals surface area contributed by atoms with Crippen LogP contribution in [0.1, 0.15) is 42.5 Å². The standard InChI is InChI=1S/C25H31ClN2O4/c1-4-32-25(29)27-11-9-20(10-12-27)28-13-8-17-15-22(30-2)23(31-3)16-21(17)24(28)18-6-5-7-19(26)14-18/h5-7,14-16,20,24H,4,8-13H2,1-3H3/t24-/m1/s1. The van der Waals surface area contributed by atoms with E-state index in [-0.39, 0.29) is 12.1 Å². The number of nitrogens with zero attached hydrogens (tertiary/aromatic N) is 2. The van der Waals surface area contributed by atoms with Crippen LogP contribution < -0.4 is 9.47 Å². The van der Waals surface area contributed by atoms with Crippen LogP contribution >= 0.6 is 11.6 Å². The van der Waals surface area contributed by atoms with Crippen LogP contribution in [0, 0.1) is 0 Å². The topological polar surface area (TPSA) is 51.2 Å². The predicted molar refractivity (Wildman–Crippen MR) is 125 cm³/mol. The van der Waals surface area contributed by atoms with Crippen LogP contribution in [0.5, 0.6) is 11.5 Å². The van der Waals surface area contributed by atoms with E-state index in [9.17, 15) is 4.79 Å². The Morgan fingerprint density at radius 3 is 2.44 bits per heavy atom. The van der Waals surface area contributed by atoms with Gasteiger partial charge in [-0.15, -0.1) is 0 Å². The molecule has 2 aromatic rings. The predicted octanol–water partition coefficient (Wildman–Crippen LogP) is 4.93. The molecule has 0 radical (unpaired) electrons. The highest BCUT2D eigenvalue weighted by molar-refractivity contribution is 6.30. The number of halogens is 1. The molecule has 2 aliphatic heterocycles. The zero-order valence-corrected chi connectivity index (χ0v) is 19.7. The third-order valence-electron chi connectivity index (χ3n) is 6.53. The monoisotopic (exact) mass is 458 g/mol. The molecule has 2 aromatic carbocycles. The summed E-state index contributed by atoms with van der Waals surface area (Å²) in [5.74, 6) is 1.49. The normalized spacial score (nSPS) is 19.4. The van der Waals surface area contributed by atoms with Gasteiger partial charge in [-0.05, 0) is 67.1 Å². The third-order valence-corrected chi connectivity index (χ3v) is 6.77. The van der Waals surface area contributed by atoms with Crippen molar-refractivity contribution in [3.05, 3.63) is 58.1 Å². The summed E-state index contributed by atoms with van der Waals surface area (Å²) in [6.07, 6.45) is 2.56. The third kappa shape index (κ3) is 4.52. The molecule has 0 aliphatic carbocycles. The second kappa shape index (κ2) is 10.0. The van der Waals surface area contributed by atoms with Gasteiger partial charge in [-0.2, -0.15) is 0 Å². The summed E-state index contributed by atoms with van der Waals surface area (Å²) < 4.78 is 16.4. The van der Waals surface area contributed by atoms with E-state index in [4.69, 9.17) is 25.8 Å². The zero-order chi connectivity index (χ0) is 22.7. The molecule has 0 bridgehead atoms. The van der Waals surface area contributed by atoms with Crippen molar-refractivity contribution in [2.24, 2.45) is 0 Å². The molecular weight excluding hydrogens is 428 g/mol. The summed E-state index contributed by atoms with van der Waals surface area (Å²) in [7, 11) is 3.34. The lowest BCUT2D eigenvalue weighted by Crippen LogP contribution is -2.50. The number of hydrogen-bond acceptors (Lipinski definition) is 5. The maximum Gasteiger partial charge on any atom is 0.409 e. The highest BCUT2D eigenvalue weighted by Crippen LogP contribution is 2.43. The largest absolute Gasteiger partial charge is 0.493 e. The van der Waals surface area contributed by atoms with E-state index < -0.39 is 0 Å². The Labute approximate surface area is 195 Å². The van der Waals surface area contributed by atoms with Crippen LogP contribution in [-0.2, 0) is 11.2 Å². The number of rotatable bonds is 5. The first-order valence-corrected chi connectivity index (χ1v) is 11.6. The van der Waals surface area contributed by atoms with E-state index in [1.807, 2.05) is 24.0 Å². The molecule has 7 heteroatoms. The van der Waals surface area contributed by atoms with Gasteiger partial charge in [0.1, 0.15) is 0 Å². The van der Waals surface area contributed by atoms with E-state index in [1.165, 1.54) is 16.7 Å². The molecule has 0 saturated carbocycles. The average molecular weight is 459 g/mol. The Bertz CT molecular complexity index is 959. The van der Waals surface area contributed by atoms with Gasteiger partial charge in [0.25, 0.3) is 0 Å². The maximum absolute atomic E-state index is 12.1. The first-order valence-electron chi connectivity index (χ1n) is 11.2. The van der Waals surface area contributed by atoms with Crippen molar-refractivity contribution in [3.63, 3.8) is 0 Å². The molecule has 1 fully saturated rings. The molecular formula is C25H31ClN2O4. The van der Waals surface area contributed by atoms with Gasteiger partial charge in [-0.1, -0.05) is 23.7 Å². The van der Waals surface area contributed by atoms with Crippen molar-refractivity contribution in [1.82, 2.24) is 9.80 Å². The van der Waals surface area contributed by atoms with Crippen molar-refractivity contribution < 1.29 is 19.0 Å². The van der Waals surface area contributed by atoms with E-state index in [2.05, 4.69) is 29.2 Å². The van der Waals surface area contributed by atoms with Crippen molar-refractivity contribution in [2.45, 2.75) is 38.3 Å². The second-order valence-corrected chi connectivity index (χ2v) is 8.70. The second-order valence-electron chi connectivity index (χ2n) is 8.27. The summed E-state index contributed by atoms with van der Waals surface area (Å²) in [5.41, 5.74) is 3.66. The molecule has 0 N–H and O–H groups in total. The Hall–Kier alpha value is -2.44. The van der Waals surface area contributed by atoms with Crippen LogP contribution in [0.25, 0.3) is 0 Å². The Balaban J connectivity index is 1.67. The number of carbonyl (C=O) groups is 1. The number of likely N-dealkylation sites (tertiary alicyclic amines) is 1. The van der Waals surface area contributed by atoms with Gasteiger partial charge in [-0.25, -0.2) is 4.79 Å². The molecule has 1 saturated heterocycles. The molecule has 0 aromatic heterocycles. The molecule has 6 nitrogen and oxygen atoms in total. The quantitative estimate of drug-likeness (QED) is 0.636. The smallest absolute Gasteiger partial charge is 0.409 e. The number of carbonyl (C=O) groups excluding carboxylic acids is 1. The van der Waals surface area contributed by atoms with Crippen LogP contribution in [0.2, 0.25) is 5.02 Å².